The summed E-state index contributed by atoms with van der Waals surface area (Å²) in [6, 6.07) is 14.4. The fourth-order valence-electron chi connectivity index (χ4n) is 3.57. The maximum atomic E-state index is 12.7. The lowest BCUT2D eigenvalue weighted by atomic mass is 9.94. The van der Waals surface area contributed by atoms with Gasteiger partial charge < -0.3 is 15.1 Å². The molecule has 0 radical (unpaired) electrons. The Hall–Kier alpha value is -3.15. The third-order valence-corrected chi connectivity index (χ3v) is 5.31. The summed E-state index contributed by atoms with van der Waals surface area (Å²) in [6.07, 6.45) is 7.36. The quantitative estimate of drug-likeness (QED) is 0.587. The number of benzene rings is 2. The van der Waals surface area contributed by atoms with Gasteiger partial charge in [-0.2, -0.15) is 0 Å². The smallest absolute Gasteiger partial charge is 0.255 e. The first-order chi connectivity index (χ1) is 14.1. The molecular formula is C23H27N3O3. The van der Waals surface area contributed by atoms with Crippen LogP contribution in [0.5, 0.6) is 0 Å². The first-order valence-electron chi connectivity index (χ1n) is 9.93. The second kappa shape index (κ2) is 9.87. The number of carbonyl (C=O) groups is 2. The van der Waals surface area contributed by atoms with Crippen LogP contribution in [0.2, 0.25) is 0 Å². The Kier molecular flexibility index (Phi) is 7.00. The van der Waals surface area contributed by atoms with Crippen molar-refractivity contribution in [1.82, 2.24) is 4.90 Å². The summed E-state index contributed by atoms with van der Waals surface area (Å²) in [5.74, 6) is -0.179. The van der Waals surface area contributed by atoms with Gasteiger partial charge >= 0.3 is 0 Å². The molecule has 1 N–H and O–H groups in total. The summed E-state index contributed by atoms with van der Waals surface area (Å²) in [5.41, 5.74) is 2.67. The zero-order valence-corrected chi connectivity index (χ0v) is 16.9. The van der Waals surface area contributed by atoms with Crippen LogP contribution >= 0.6 is 0 Å². The van der Waals surface area contributed by atoms with E-state index in [0.29, 0.717) is 22.9 Å². The molecule has 0 unspecified atom stereocenters. The molecule has 2 amide bonds. The van der Waals surface area contributed by atoms with Gasteiger partial charge in [0, 0.05) is 29.9 Å². The third kappa shape index (κ3) is 5.44. The molecule has 152 valence electrons. The number of anilines is 1. The molecule has 1 saturated carbocycles. The normalized spacial score (nSPS) is 14.6. The standard InChI is InChI=1S/C23H27N3O3/c1-26(21-6-4-3-5-7-21)23(28)19-12-14-20(15-13-19)25-22(27)18-10-8-17(9-11-18)16-24-29-2/h8-16,21H,3-7H2,1-2H3,(H,25,27). The molecule has 0 aromatic heterocycles. The molecule has 1 aliphatic carbocycles. The van der Waals surface area contributed by atoms with Crippen molar-refractivity contribution in [2.75, 3.05) is 19.5 Å². The number of rotatable bonds is 6. The summed E-state index contributed by atoms with van der Waals surface area (Å²) in [7, 11) is 3.36. The first-order valence-corrected chi connectivity index (χ1v) is 9.93. The monoisotopic (exact) mass is 393 g/mol. The zero-order valence-electron chi connectivity index (χ0n) is 16.9. The summed E-state index contributed by atoms with van der Waals surface area (Å²) in [4.78, 5) is 31.7. The van der Waals surface area contributed by atoms with Gasteiger partial charge in [-0.3, -0.25) is 9.59 Å². The Balaban J connectivity index is 1.60. The number of hydrogen-bond donors (Lipinski definition) is 1. The Morgan fingerprint density at radius 3 is 2.24 bits per heavy atom. The number of nitrogens with one attached hydrogen (secondary N) is 1. The molecule has 2 aromatic rings. The minimum atomic E-state index is -0.210. The summed E-state index contributed by atoms with van der Waals surface area (Å²) >= 11 is 0. The van der Waals surface area contributed by atoms with E-state index in [4.69, 9.17) is 0 Å². The molecule has 3 rings (SSSR count). The lowest BCUT2D eigenvalue weighted by molar-refractivity contribution is 0.0696. The van der Waals surface area contributed by atoms with Crippen LogP contribution in [-0.2, 0) is 4.84 Å². The molecule has 0 aliphatic heterocycles. The molecule has 29 heavy (non-hydrogen) atoms. The molecule has 6 heteroatoms. The topological polar surface area (TPSA) is 71.0 Å². The van der Waals surface area contributed by atoms with Gasteiger partial charge in [-0.25, -0.2) is 0 Å². The first kappa shape index (κ1) is 20.6. The summed E-state index contributed by atoms with van der Waals surface area (Å²) in [5, 5.41) is 6.55. The van der Waals surface area contributed by atoms with Gasteiger partial charge in [-0.05, 0) is 54.8 Å². The van der Waals surface area contributed by atoms with E-state index in [1.54, 1.807) is 54.7 Å². The second-order valence-electron chi connectivity index (χ2n) is 7.28. The molecule has 0 bridgehead atoms. The van der Waals surface area contributed by atoms with Crippen LogP contribution < -0.4 is 5.32 Å². The van der Waals surface area contributed by atoms with Crippen LogP contribution in [0.15, 0.2) is 53.7 Å². The van der Waals surface area contributed by atoms with Crippen molar-refractivity contribution in [3.8, 4) is 0 Å². The third-order valence-electron chi connectivity index (χ3n) is 5.31. The highest BCUT2D eigenvalue weighted by Gasteiger charge is 2.22. The molecule has 0 heterocycles. The second-order valence-corrected chi connectivity index (χ2v) is 7.28. The van der Waals surface area contributed by atoms with Gasteiger partial charge in [-0.1, -0.05) is 36.6 Å². The zero-order chi connectivity index (χ0) is 20.6. The predicted octanol–water partition coefficient (Wildman–Crippen LogP) is 4.32. The van der Waals surface area contributed by atoms with Crippen LogP contribution in [-0.4, -0.2) is 43.1 Å². The summed E-state index contributed by atoms with van der Waals surface area (Å²) < 4.78 is 0. The molecule has 0 spiro atoms. The summed E-state index contributed by atoms with van der Waals surface area (Å²) in [6.45, 7) is 0. The highest BCUT2D eigenvalue weighted by Crippen LogP contribution is 2.23. The maximum Gasteiger partial charge on any atom is 0.255 e. The van der Waals surface area contributed by atoms with E-state index in [2.05, 4.69) is 15.3 Å². The minimum Gasteiger partial charge on any atom is -0.399 e. The van der Waals surface area contributed by atoms with Gasteiger partial charge in [0.1, 0.15) is 7.11 Å². The van der Waals surface area contributed by atoms with Crippen LogP contribution in [0.4, 0.5) is 5.69 Å². The molecule has 6 nitrogen and oxygen atoms in total. The van der Waals surface area contributed by atoms with Gasteiger partial charge in [0.15, 0.2) is 0 Å². The lowest BCUT2D eigenvalue weighted by Gasteiger charge is -2.31. The van der Waals surface area contributed by atoms with Crippen molar-refractivity contribution < 1.29 is 14.4 Å². The Labute approximate surface area is 171 Å². The Morgan fingerprint density at radius 1 is 1.00 bits per heavy atom. The van der Waals surface area contributed by atoms with E-state index in [9.17, 15) is 9.59 Å². The molecule has 1 aliphatic rings. The fourth-order valence-corrected chi connectivity index (χ4v) is 3.57. The van der Waals surface area contributed by atoms with Crippen LogP contribution in [0.3, 0.4) is 0 Å². The SMILES string of the molecule is CON=Cc1ccc(C(=O)Nc2ccc(C(=O)N(C)C3CCCCC3)cc2)cc1. The van der Waals surface area contributed by atoms with E-state index in [-0.39, 0.29) is 11.8 Å². The van der Waals surface area contributed by atoms with Crippen LogP contribution in [0.25, 0.3) is 0 Å². The number of carbonyl (C=O) groups excluding carboxylic acids is 2. The van der Waals surface area contributed by atoms with Gasteiger partial charge in [0.2, 0.25) is 0 Å². The number of oxime groups is 1. The van der Waals surface area contributed by atoms with Gasteiger partial charge in [0.25, 0.3) is 11.8 Å². The van der Waals surface area contributed by atoms with Crippen molar-refractivity contribution in [2.45, 2.75) is 38.1 Å². The van der Waals surface area contributed by atoms with E-state index < -0.39 is 0 Å². The average Bonchev–Trinajstić information content (AvgIpc) is 2.78. The Morgan fingerprint density at radius 2 is 1.62 bits per heavy atom. The van der Waals surface area contributed by atoms with Crippen molar-refractivity contribution in [3.05, 3.63) is 65.2 Å². The number of hydrogen-bond acceptors (Lipinski definition) is 4. The number of nitrogens with zero attached hydrogens (tertiary/aromatic N) is 2. The van der Waals surface area contributed by atoms with Gasteiger partial charge in [-0.15, -0.1) is 0 Å². The van der Waals surface area contributed by atoms with E-state index in [1.807, 2.05) is 11.9 Å². The van der Waals surface area contributed by atoms with Crippen LogP contribution in [0, 0.1) is 0 Å². The molecular weight excluding hydrogens is 366 g/mol. The van der Waals surface area contributed by atoms with Gasteiger partial charge in [0.05, 0.1) is 6.21 Å². The highest BCUT2D eigenvalue weighted by molar-refractivity contribution is 6.05. The van der Waals surface area contributed by atoms with Crippen molar-refractivity contribution >= 4 is 23.7 Å². The average molecular weight is 393 g/mol. The lowest BCUT2D eigenvalue weighted by Crippen LogP contribution is -2.38. The van der Waals surface area contributed by atoms with E-state index in [1.165, 1.54) is 26.4 Å². The Bertz CT molecular complexity index is 854. The van der Waals surface area contributed by atoms with E-state index >= 15 is 0 Å². The van der Waals surface area contributed by atoms with Crippen molar-refractivity contribution in [1.29, 1.82) is 0 Å². The fraction of sp³-hybridized carbons (Fsp3) is 0.348. The maximum absolute atomic E-state index is 12.7. The largest absolute Gasteiger partial charge is 0.399 e. The molecule has 0 saturated heterocycles. The van der Waals surface area contributed by atoms with Crippen molar-refractivity contribution in [3.63, 3.8) is 0 Å². The molecule has 2 aromatic carbocycles. The minimum absolute atomic E-state index is 0.0306. The van der Waals surface area contributed by atoms with E-state index in [0.717, 1.165) is 18.4 Å². The predicted molar refractivity (Wildman–Crippen MR) is 114 cm³/mol. The van der Waals surface area contributed by atoms with Crippen molar-refractivity contribution in [2.24, 2.45) is 5.16 Å². The highest BCUT2D eigenvalue weighted by atomic mass is 16.6. The van der Waals surface area contributed by atoms with Crippen LogP contribution in [0.1, 0.15) is 58.4 Å². The molecule has 1 fully saturated rings. The number of amides is 2. The molecule has 0 atom stereocenters.